The van der Waals surface area contributed by atoms with Gasteiger partial charge >= 0.3 is 0 Å². The number of carbonyl (C=O) groups excluding carboxylic acids is 1. The third-order valence-corrected chi connectivity index (χ3v) is 3.63. The van der Waals surface area contributed by atoms with E-state index >= 15 is 0 Å². The maximum atomic E-state index is 11.1. The highest BCUT2D eigenvalue weighted by molar-refractivity contribution is 7.91. The van der Waals surface area contributed by atoms with E-state index in [2.05, 4.69) is 5.32 Å². The Labute approximate surface area is 77.6 Å². The number of carbonyl (C=O) groups is 1. The Morgan fingerprint density at radius 3 is 2.85 bits per heavy atom. The van der Waals surface area contributed by atoms with Gasteiger partial charge in [0.2, 0.25) is 5.78 Å². The fourth-order valence-electron chi connectivity index (χ4n) is 1.28. The molecule has 0 radical (unpaired) electrons. The molecule has 0 amide bonds. The lowest BCUT2D eigenvalue weighted by Gasteiger charge is -2.22. The van der Waals surface area contributed by atoms with Crippen molar-refractivity contribution in [1.29, 1.82) is 0 Å². The molecule has 0 spiro atoms. The number of Topliss-reactive ketones (excluding diaryl/α,β-unsaturated/α-hetero) is 1. The van der Waals surface area contributed by atoms with Crippen LogP contribution in [0.4, 0.5) is 0 Å². The molecular weight excluding hydrogens is 190 g/mol. The molecule has 0 saturated carbocycles. The summed E-state index contributed by atoms with van der Waals surface area (Å²) < 4.78 is 22.3. The van der Waals surface area contributed by atoms with Crippen molar-refractivity contribution in [2.24, 2.45) is 0 Å². The van der Waals surface area contributed by atoms with Crippen LogP contribution in [0.5, 0.6) is 0 Å². The molecule has 1 unspecified atom stereocenters. The van der Waals surface area contributed by atoms with Crippen molar-refractivity contribution >= 4 is 15.6 Å². The van der Waals surface area contributed by atoms with E-state index in [1.807, 2.05) is 5.92 Å². The largest absolute Gasteiger partial charge is 0.311 e. The van der Waals surface area contributed by atoms with Gasteiger partial charge in [-0.25, -0.2) is 8.42 Å². The summed E-state index contributed by atoms with van der Waals surface area (Å²) >= 11 is 0. The van der Waals surface area contributed by atoms with Crippen molar-refractivity contribution in [1.82, 2.24) is 5.32 Å². The molecular formula is C8H11NO3S. The lowest BCUT2D eigenvalue weighted by Crippen LogP contribution is -2.45. The lowest BCUT2D eigenvalue weighted by molar-refractivity contribution is -0.114. The Morgan fingerprint density at radius 1 is 1.62 bits per heavy atom. The Kier molecular flexibility index (Phi) is 3.07. The second kappa shape index (κ2) is 3.90. The molecule has 13 heavy (non-hydrogen) atoms. The molecule has 0 bridgehead atoms. The molecule has 1 aliphatic rings. The summed E-state index contributed by atoms with van der Waals surface area (Å²) in [4.78, 5) is 10.8. The summed E-state index contributed by atoms with van der Waals surface area (Å²) in [6, 6.07) is -0.303. The van der Waals surface area contributed by atoms with Gasteiger partial charge in [-0.1, -0.05) is 0 Å². The minimum absolute atomic E-state index is 0.0143. The molecule has 4 nitrogen and oxygen atoms in total. The van der Waals surface area contributed by atoms with Gasteiger partial charge in [0.1, 0.15) is 0 Å². The summed E-state index contributed by atoms with van der Waals surface area (Å²) in [5.74, 6) is 1.77. The summed E-state index contributed by atoms with van der Waals surface area (Å²) in [5, 5.41) is 2.94. The van der Waals surface area contributed by atoms with Crippen LogP contribution in [0.1, 0.15) is 6.42 Å². The van der Waals surface area contributed by atoms with Gasteiger partial charge < -0.3 is 5.32 Å². The van der Waals surface area contributed by atoms with Crippen LogP contribution in [0, 0.1) is 12.3 Å². The number of ketones is 1. The predicted molar refractivity (Wildman–Crippen MR) is 48.9 cm³/mol. The van der Waals surface area contributed by atoms with Crippen LogP contribution in [0.2, 0.25) is 0 Å². The van der Waals surface area contributed by atoms with Crippen LogP contribution in [0.25, 0.3) is 0 Å². The fraction of sp³-hybridized carbons (Fsp3) is 0.625. The van der Waals surface area contributed by atoms with Crippen LogP contribution in [0.3, 0.4) is 0 Å². The Hall–Kier alpha value is -0.860. The van der Waals surface area contributed by atoms with Crippen LogP contribution < -0.4 is 5.32 Å². The van der Waals surface area contributed by atoms with Crippen LogP contribution >= 0.6 is 0 Å². The van der Waals surface area contributed by atoms with E-state index < -0.39 is 9.84 Å². The number of hydrogen-bond acceptors (Lipinski definition) is 4. The smallest absolute Gasteiger partial charge is 0.206 e. The van der Waals surface area contributed by atoms with Crippen LogP contribution in [-0.2, 0) is 14.6 Å². The molecule has 0 aromatic rings. The second-order valence-corrected chi connectivity index (χ2v) is 5.27. The first-order valence-electron chi connectivity index (χ1n) is 3.97. The van der Waals surface area contributed by atoms with E-state index in [0.29, 0.717) is 6.54 Å². The number of hydrogen-bond donors (Lipinski definition) is 1. The van der Waals surface area contributed by atoms with Crippen molar-refractivity contribution in [3.05, 3.63) is 0 Å². The van der Waals surface area contributed by atoms with Gasteiger partial charge in [-0.2, -0.15) is 0 Å². The van der Waals surface area contributed by atoms with Crippen LogP contribution in [-0.4, -0.2) is 38.3 Å². The summed E-state index contributed by atoms with van der Waals surface area (Å²) in [6.45, 7) is 0.408. The van der Waals surface area contributed by atoms with Crippen molar-refractivity contribution in [2.45, 2.75) is 12.5 Å². The molecule has 1 fully saturated rings. The monoisotopic (exact) mass is 201 g/mol. The lowest BCUT2D eigenvalue weighted by atomic mass is 10.1. The van der Waals surface area contributed by atoms with Crippen molar-refractivity contribution in [2.75, 3.05) is 18.1 Å². The number of rotatable bonds is 2. The van der Waals surface area contributed by atoms with Gasteiger partial charge in [0.15, 0.2) is 9.84 Å². The number of sulfone groups is 1. The van der Waals surface area contributed by atoms with Gasteiger partial charge in [-0.3, -0.25) is 4.79 Å². The van der Waals surface area contributed by atoms with E-state index in [0.717, 1.165) is 0 Å². The number of nitrogens with one attached hydrogen (secondary N) is 1. The van der Waals surface area contributed by atoms with Gasteiger partial charge in [0.05, 0.1) is 11.5 Å². The molecule has 1 aliphatic heterocycles. The average Bonchev–Trinajstić information content (AvgIpc) is 2.02. The molecule has 0 aromatic heterocycles. The van der Waals surface area contributed by atoms with Gasteiger partial charge in [-0.15, -0.1) is 6.42 Å². The van der Waals surface area contributed by atoms with Crippen LogP contribution in [0.15, 0.2) is 0 Å². The van der Waals surface area contributed by atoms with E-state index in [-0.39, 0.29) is 29.8 Å². The fourth-order valence-corrected chi connectivity index (χ4v) is 2.73. The van der Waals surface area contributed by atoms with Crippen molar-refractivity contribution in [3.8, 4) is 12.3 Å². The zero-order valence-corrected chi connectivity index (χ0v) is 7.93. The second-order valence-electron chi connectivity index (χ2n) is 3.04. The highest BCUT2D eigenvalue weighted by atomic mass is 32.2. The average molecular weight is 201 g/mol. The highest BCUT2D eigenvalue weighted by Crippen LogP contribution is 2.04. The first-order chi connectivity index (χ1) is 6.03. The molecule has 72 valence electrons. The molecule has 5 heteroatoms. The molecule has 1 N–H and O–H groups in total. The van der Waals surface area contributed by atoms with E-state index in [1.54, 1.807) is 0 Å². The molecule has 0 aliphatic carbocycles. The van der Waals surface area contributed by atoms with E-state index in [9.17, 15) is 13.2 Å². The maximum Gasteiger partial charge on any atom is 0.206 e. The topological polar surface area (TPSA) is 63.2 Å². The van der Waals surface area contributed by atoms with Crippen molar-refractivity contribution in [3.63, 3.8) is 0 Å². The van der Waals surface area contributed by atoms with Gasteiger partial charge in [0.25, 0.3) is 0 Å². The summed E-state index contributed by atoms with van der Waals surface area (Å²) in [5.41, 5.74) is 0. The molecule has 1 rings (SSSR count). The van der Waals surface area contributed by atoms with E-state index in [1.165, 1.54) is 0 Å². The van der Waals surface area contributed by atoms with Gasteiger partial charge in [-0.05, 0) is 5.92 Å². The predicted octanol–water partition coefficient (Wildman–Crippen LogP) is -1.03. The number of terminal acetylenes is 1. The quantitative estimate of drug-likeness (QED) is 0.458. The Bertz CT molecular complexity index is 339. The SMILES string of the molecule is C#CC(=O)CC1CS(=O)(=O)CCN1. The third kappa shape index (κ3) is 3.17. The minimum Gasteiger partial charge on any atom is -0.311 e. The Balaban J connectivity index is 2.54. The van der Waals surface area contributed by atoms with Gasteiger partial charge in [0, 0.05) is 19.0 Å². The highest BCUT2D eigenvalue weighted by Gasteiger charge is 2.25. The third-order valence-electron chi connectivity index (χ3n) is 1.89. The first kappa shape index (κ1) is 10.2. The minimum atomic E-state index is -2.97. The summed E-state index contributed by atoms with van der Waals surface area (Å²) in [7, 11) is -2.97. The zero-order valence-electron chi connectivity index (χ0n) is 7.12. The molecule has 1 atom stereocenters. The van der Waals surface area contributed by atoms with E-state index in [4.69, 9.17) is 6.42 Å². The molecule has 1 heterocycles. The normalized spacial score (nSPS) is 26.2. The molecule has 1 saturated heterocycles. The first-order valence-corrected chi connectivity index (χ1v) is 5.79. The Morgan fingerprint density at radius 2 is 2.31 bits per heavy atom. The molecule has 0 aromatic carbocycles. The standard InChI is InChI=1S/C8H11NO3S/c1-2-8(10)5-7-6-13(11,12)4-3-9-7/h1,7,9H,3-6H2. The summed E-state index contributed by atoms with van der Waals surface area (Å²) in [6.07, 6.45) is 4.99. The zero-order chi connectivity index (χ0) is 9.90. The van der Waals surface area contributed by atoms with Crippen molar-refractivity contribution < 1.29 is 13.2 Å². The maximum absolute atomic E-state index is 11.1.